The summed E-state index contributed by atoms with van der Waals surface area (Å²) in [5.41, 5.74) is 3.11. The van der Waals surface area contributed by atoms with Crippen LogP contribution in [0, 0.1) is 5.41 Å². The Kier molecular flexibility index (Phi) is 3.21. The first-order valence-electron chi connectivity index (χ1n) is 4.21. The molecule has 0 heterocycles. The third-order valence-electron chi connectivity index (χ3n) is 1.95. The van der Waals surface area contributed by atoms with Crippen molar-refractivity contribution in [2.75, 3.05) is 0 Å². The molecule has 0 spiro atoms. The largest absolute Gasteiger partial charge is 0.308 e. The third-order valence-corrected chi connectivity index (χ3v) is 1.95. The van der Waals surface area contributed by atoms with Gasteiger partial charge in [0.05, 0.1) is 0 Å². The maximum absolute atomic E-state index is 7.18. The van der Waals surface area contributed by atoms with Gasteiger partial charge in [0.2, 0.25) is 0 Å². The second-order valence-electron chi connectivity index (χ2n) is 2.71. The van der Waals surface area contributed by atoms with Gasteiger partial charge < -0.3 is 5.41 Å². The second-order valence-corrected chi connectivity index (χ2v) is 2.71. The summed E-state index contributed by atoms with van der Waals surface area (Å²) in [5.74, 6) is 0. The average Bonchev–Trinajstić information content (AvgIpc) is 2.21. The summed E-state index contributed by atoms with van der Waals surface area (Å²) in [6.45, 7) is 5.62. The number of rotatable bonds is 3. The highest BCUT2D eigenvalue weighted by molar-refractivity contribution is 6.08. The Hall–Kier alpha value is -1.63. The van der Waals surface area contributed by atoms with Crippen LogP contribution in [0.2, 0.25) is 0 Å². The van der Waals surface area contributed by atoms with Gasteiger partial charge in [-0.3, -0.25) is 0 Å². The van der Waals surface area contributed by atoms with Crippen LogP contribution >= 0.6 is 0 Å². The van der Waals surface area contributed by atoms with E-state index < -0.39 is 0 Å². The molecule has 1 aromatic carbocycles. The van der Waals surface area contributed by atoms with Gasteiger partial charge in [0.25, 0.3) is 0 Å². The van der Waals surface area contributed by atoms with Gasteiger partial charge in [0.1, 0.15) is 0 Å². The van der Waals surface area contributed by atoms with Crippen LogP contribution in [-0.4, -0.2) is 6.21 Å². The van der Waals surface area contributed by atoms with Gasteiger partial charge in [-0.25, -0.2) is 0 Å². The van der Waals surface area contributed by atoms with E-state index >= 15 is 0 Å². The van der Waals surface area contributed by atoms with Gasteiger partial charge in [-0.05, 0) is 23.6 Å². The van der Waals surface area contributed by atoms with E-state index in [1.54, 1.807) is 0 Å². The maximum Gasteiger partial charge on any atom is 0.0253 e. The molecule has 0 aromatic heterocycles. The minimum absolute atomic E-state index is 0.940. The molecule has 0 aliphatic rings. The fourth-order valence-electron chi connectivity index (χ4n) is 1.14. The summed E-state index contributed by atoms with van der Waals surface area (Å²) in [7, 11) is 0. The minimum atomic E-state index is 0.940. The summed E-state index contributed by atoms with van der Waals surface area (Å²) in [6, 6.07) is 7.99. The van der Waals surface area contributed by atoms with E-state index in [4.69, 9.17) is 5.41 Å². The molecule has 0 aliphatic heterocycles. The molecule has 1 nitrogen and oxygen atoms in total. The quantitative estimate of drug-likeness (QED) is 0.674. The molecule has 66 valence electrons. The molecule has 1 N–H and O–H groups in total. The molecular formula is C12H13N. The van der Waals surface area contributed by atoms with E-state index in [1.807, 2.05) is 43.3 Å². The average molecular weight is 171 g/mol. The zero-order chi connectivity index (χ0) is 9.68. The highest BCUT2D eigenvalue weighted by Crippen LogP contribution is 2.13. The standard InChI is InChI=1S/C12H13N/c1-3-10-5-7-12(8-6-10)11(4-2)9-13/h3-9,13H,1H2,2H3/b11-4+,13-9?. The van der Waals surface area contributed by atoms with Crippen molar-refractivity contribution < 1.29 is 0 Å². The number of nitrogens with one attached hydrogen (secondary N) is 1. The summed E-state index contributed by atoms with van der Waals surface area (Å²) >= 11 is 0. The lowest BCUT2D eigenvalue weighted by Gasteiger charge is -2.00. The molecule has 0 bridgehead atoms. The van der Waals surface area contributed by atoms with Crippen LogP contribution in [0.1, 0.15) is 18.1 Å². The minimum Gasteiger partial charge on any atom is -0.308 e. The van der Waals surface area contributed by atoms with E-state index in [2.05, 4.69) is 6.58 Å². The molecule has 0 unspecified atom stereocenters. The van der Waals surface area contributed by atoms with Gasteiger partial charge in [-0.2, -0.15) is 0 Å². The highest BCUT2D eigenvalue weighted by atomic mass is 14.3. The Morgan fingerprint density at radius 3 is 2.31 bits per heavy atom. The van der Waals surface area contributed by atoms with E-state index in [9.17, 15) is 0 Å². The lowest BCUT2D eigenvalue weighted by atomic mass is 10.0. The van der Waals surface area contributed by atoms with Crippen molar-refractivity contribution in [1.29, 1.82) is 5.41 Å². The van der Waals surface area contributed by atoms with Crippen LogP contribution in [-0.2, 0) is 0 Å². The molecule has 0 aliphatic carbocycles. The number of allylic oxidation sites excluding steroid dienone is 2. The van der Waals surface area contributed by atoms with Crippen molar-refractivity contribution >= 4 is 17.9 Å². The van der Waals surface area contributed by atoms with Crippen molar-refractivity contribution in [3.05, 3.63) is 48.0 Å². The topological polar surface area (TPSA) is 23.9 Å². The van der Waals surface area contributed by atoms with Gasteiger partial charge in [-0.1, -0.05) is 43.0 Å². The van der Waals surface area contributed by atoms with Crippen molar-refractivity contribution in [2.24, 2.45) is 0 Å². The first kappa shape index (κ1) is 9.46. The predicted molar refractivity (Wildman–Crippen MR) is 59.0 cm³/mol. The monoisotopic (exact) mass is 171 g/mol. The lowest BCUT2D eigenvalue weighted by molar-refractivity contribution is 1.55. The molecule has 0 amide bonds. The lowest BCUT2D eigenvalue weighted by Crippen LogP contribution is -1.84. The van der Waals surface area contributed by atoms with Gasteiger partial charge in [-0.15, -0.1) is 0 Å². The van der Waals surface area contributed by atoms with Crippen molar-refractivity contribution in [3.63, 3.8) is 0 Å². The maximum atomic E-state index is 7.18. The zero-order valence-electron chi connectivity index (χ0n) is 7.75. The number of hydrogen-bond donors (Lipinski definition) is 1. The van der Waals surface area contributed by atoms with E-state index in [0.29, 0.717) is 0 Å². The molecule has 1 aromatic rings. The van der Waals surface area contributed by atoms with Crippen LogP contribution < -0.4 is 0 Å². The van der Waals surface area contributed by atoms with Crippen molar-refractivity contribution in [2.45, 2.75) is 6.92 Å². The SMILES string of the molecule is C=Cc1ccc(/C(C=N)=C/C)cc1. The van der Waals surface area contributed by atoms with Gasteiger partial charge >= 0.3 is 0 Å². The van der Waals surface area contributed by atoms with Crippen LogP contribution in [0.4, 0.5) is 0 Å². The summed E-state index contributed by atoms with van der Waals surface area (Å²) in [4.78, 5) is 0. The van der Waals surface area contributed by atoms with Crippen LogP contribution in [0.3, 0.4) is 0 Å². The van der Waals surface area contributed by atoms with E-state index in [-0.39, 0.29) is 0 Å². The molecule has 1 heteroatoms. The van der Waals surface area contributed by atoms with Crippen LogP contribution in [0.15, 0.2) is 36.9 Å². The summed E-state index contributed by atoms with van der Waals surface area (Å²) < 4.78 is 0. The summed E-state index contributed by atoms with van der Waals surface area (Å²) in [6.07, 6.45) is 5.10. The number of benzene rings is 1. The Morgan fingerprint density at radius 1 is 1.31 bits per heavy atom. The fourth-order valence-corrected chi connectivity index (χ4v) is 1.14. The molecule has 0 atom stereocenters. The predicted octanol–water partition coefficient (Wildman–Crippen LogP) is 3.38. The summed E-state index contributed by atoms with van der Waals surface area (Å²) in [5, 5.41) is 7.18. The highest BCUT2D eigenvalue weighted by Gasteiger charge is 1.95. The fraction of sp³-hybridized carbons (Fsp3) is 0.0833. The van der Waals surface area contributed by atoms with Crippen LogP contribution in [0.5, 0.6) is 0 Å². The molecular weight excluding hydrogens is 158 g/mol. The molecule has 1 rings (SSSR count). The Morgan fingerprint density at radius 2 is 1.92 bits per heavy atom. The first-order chi connectivity index (χ1) is 6.31. The van der Waals surface area contributed by atoms with Gasteiger partial charge in [0, 0.05) is 6.21 Å². The third kappa shape index (κ3) is 2.15. The first-order valence-corrected chi connectivity index (χ1v) is 4.21. The Balaban J connectivity index is 3.04. The Labute approximate surface area is 78.9 Å². The molecule has 0 radical (unpaired) electrons. The smallest absolute Gasteiger partial charge is 0.0253 e. The molecule has 0 fully saturated rings. The van der Waals surface area contributed by atoms with Crippen molar-refractivity contribution in [3.8, 4) is 0 Å². The van der Waals surface area contributed by atoms with Crippen molar-refractivity contribution in [1.82, 2.24) is 0 Å². The zero-order valence-corrected chi connectivity index (χ0v) is 7.75. The van der Waals surface area contributed by atoms with E-state index in [1.165, 1.54) is 6.21 Å². The van der Waals surface area contributed by atoms with E-state index in [0.717, 1.165) is 16.7 Å². The second kappa shape index (κ2) is 4.41. The van der Waals surface area contributed by atoms with Gasteiger partial charge in [0.15, 0.2) is 0 Å². The molecule has 0 saturated carbocycles. The molecule has 0 saturated heterocycles. The number of hydrogen-bond acceptors (Lipinski definition) is 1. The Bertz CT molecular complexity index is 331. The normalized spacial score (nSPS) is 11.0. The van der Waals surface area contributed by atoms with Crippen LogP contribution in [0.25, 0.3) is 11.6 Å². The molecule has 13 heavy (non-hydrogen) atoms.